The van der Waals surface area contributed by atoms with E-state index in [2.05, 4.69) is 29.9 Å². The Balaban J connectivity index is 0.000000124. The lowest BCUT2D eigenvalue weighted by atomic mass is 9.90. The van der Waals surface area contributed by atoms with Crippen molar-refractivity contribution in [2.24, 2.45) is 28.2 Å². The van der Waals surface area contributed by atoms with Gasteiger partial charge >= 0.3 is 12.3 Å². The molecule has 0 saturated heterocycles. The first kappa shape index (κ1) is 82.7. The number of imidazole rings is 6. The van der Waals surface area contributed by atoms with Crippen molar-refractivity contribution >= 4 is 75.5 Å². The maximum absolute atomic E-state index is 13.3. The van der Waals surface area contributed by atoms with Crippen molar-refractivity contribution < 1.29 is 89.0 Å². The molecule has 0 bridgehead atoms. The second-order valence-corrected chi connectivity index (χ2v) is 28.2. The molecular weight excluding hydrogens is 1540 g/mol. The zero-order valence-corrected chi connectivity index (χ0v) is 66.2. The highest BCUT2D eigenvalue weighted by Crippen LogP contribution is 2.41. The van der Waals surface area contributed by atoms with Crippen LogP contribution in [0.25, 0.3) is 67.5 Å². The van der Waals surface area contributed by atoms with E-state index in [1.807, 2.05) is 77.4 Å². The zero-order chi connectivity index (χ0) is 86.0. The highest BCUT2D eigenvalue weighted by Gasteiger charge is 2.44. The molecule has 119 heavy (non-hydrogen) atoms. The summed E-state index contributed by atoms with van der Waals surface area (Å²) >= 11 is 0. The number of ketones is 12. The maximum Gasteiger partial charge on any atom is 0.420 e. The standard InChI is InChI=1S/C17H16N2O4.C15H11F3N2O2.2C14H11FN2O2.2C14H12N2O2/c1-4-23-17(22)19-13-12(18-16(19)9(2)3)10-7-5-6-8-11(10)14(20)15(13)21;1-2-10-19-11-8-5-3-4-6-9(8)13(21)14(22)12(11)20(10)7-15(16,17)18;1-3-10-16-11-12(17(10)2)8-5-4-7(15)6-9(8)13(18)14(11)19;1-3-10-16-11-8-5-4-7(15)6-9(8)13(18)14(19)12(11)17(10)2;1-3-10-15-11-12(16(10)2)8-6-4-5-7-9(8)13(17)14(11)18;1-3-10-15-11-8-6-4-5-7-9(8)13(17)14(18)12(11)16(10)2/h5-9H,4H2,1-3H3;3-6H,2,7H2,1H3;2*4-6H,3H2,1-2H3;2*4-7H,3H2,1-2H3. The first-order chi connectivity index (χ1) is 56.7. The Kier molecular flexibility index (Phi) is 22.5. The molecular formula is C88H73F5N12O14. The lowest BCUT2D eigenvalue weighted by Crippen LogP contribution is -2.28. The molecule has 6 heterocycles. The third kappa shape index (κ3) is 14.3. The van der Waals surface area contributed by atoms with Crippen LogP contribution < -0.4 is 0 Å². The van der Waals surface area contributed by atoms with Gasteiger partial charge in [0.1, 0.15) is 110 Å². The molecule has 0 fully saturated rings. The average molecular weight is 1620 g/mol. The number of nitrogens with zero attached hydrogens (tertiary/aromatic N) is 12. The number of carbonyl (C=O) groups excluding carboxylic acids is 13. The number of hydrogen-bond donors (Lipinski definition) is 0. The van der Waals surface area contributed by atoms with Crippen molar-refractivity contribution in [3.63, 3.8) is 0 Å². The molecule has 6 aromatic heterocycles. The summed E-state index contributed by atoms with van der Waals surface area (Å²) in [4.78, 5) is 184. The van der Waals surface area contributed by atoms with E-state index in [-0.39, 0.29) is 69.9 Å². The number of alkyl halides is 3. The van der Waals surface area contributed by atoms with Crippen LogP contribution in [0.15, 0.2) is 133 Å². The zero-order valence-electron chi connectivity index (χ0n) is 66.2. The molecule has 18 rings (SSSR count). The fourth-order valence-electron chi connectivity index (χ4n) is 15.2. The van der Waals surface area contributed by atoms with Crippen LogP contribution in [0.5, 0.6) is 0 Å². The number of aromatic nitrogens is 12. The van der Waals surface area contributed by atoms with Crippen molar-refractivity contribution in [1.29, 1.82) is 0 Å². The number of carbonyl (C=O) groups is 13. The molecule has 6 aromatic carbocycles. The summed E-state index contributed by atoms with van der Waals surface area (Å²) in [5.41, 5.74) is 9.11. The molecule has 0 radical (unpaired) electrons. The number of benzene rings is 6. The SMILES string of the molecule is CCOC(=O)n1c(C(C)C)nc2c1C(=O)C(=O)c1ccccc1-2.CCc1nc2c(n1C)-c1ccc(F)cc1C(=O)C2=O.CCc1nc2c(n1C)-c1ccccc1C(=O)C2=O.CCc1nc2c(n1C)C(=O)C(=O)c1cc(F)ccc1-2.CCc1nc2c(n1C)C(=O)C(=O)c1ccccc1-2.CCc1nc2c(n1CC(F)(F)F)C(=O)C(=O)c1ccccc1-2. The summed E-state index contributed by atoms with van der Waals surface area (Å²) in [6.07, 6.45) is -2.19. The van der Waals surface area contributed by atoms with E-state index in [0.29, 0.717) is 91.8 Å². The van der Waals surface area contributed by atoms with Gasteiger partial charge in [0.15, 0.2) is 0 Å². The quantitative estimate of drug-likeness (QED) is 0.101. The largest absolute Gasteiger partial charge is 0.449 e. The van der Waals surface area contributed by atoms with E-state index in [9.17, 15) is 84.3 Å². The molecule has 0 unspecified atom stereocenters. The van der Waals surface area contributed by atoms with Crippen LogP contribution in [-0.2, 0) is 71.6 Å². The van der Waals surface area contributed by atoms with Gasteiger partial charge in [-0.2, -0.15) is 13.2 Å². The molecule has 604 valence electrons. The van der Waals surface area contributed by atoms with E-state index in [1.54, 1.807) is 115 Å². The van der Waals surface area contributed by atoms with E-state index < -0.39 is 99.8 Å². The van der Waals surface area contributed by atoms with E-state index in [4.69, 9.17) is 4.74 Å². The monoisotopic (exact) mass is 1620 g/mol. The number of halogens is 5. The van der Waals surface area contributed by atoms with E-state index in [0.717, 1.165) is 74.2 Å². The van der Waals surface area contributed by atoms with Crippen LogP contribution in [0.3, 0.4) is 0 Å². The second kappa shape index (κ2) is 32.4. The molecule has 0 aliphatic heterocycles. The summed E-state index contributed by atoms with van der Waals surface area (Å²) in [5, 5.41) is 0. The number of fused-ring (bicyclic) bond motifs is 18. The normalized spacial score (nSPS) is 13.5. The molecule has 0 saturated carbocycles. The smallest absolute Gasteiger partial charge is 0.420 e. The van der Waals surface area contributed by atoms with Crippen LogP contribution in [0.4, 0.5) is 26.7 Å². The van der Waals surface area contributed by atoms with Gasteiger partial charge < -0.3 is 27.6 Å². The number of hydrogen-bond acceptors (Lipinski definition) is 20. The Labute approximate surface area is 674 Å². The van der Waals surface area contributed by atoms with Gasteiger partial charge in [-0.25, -0.2) is 48.0 Å². The van der Waals surface area contributed by atoms with Gasteiger partial charge in [-0.05, 0) is 43.3 Å². The van der Waals surface area contributed by atoms with Gasteiger partial charge in [-0.3, -0.25) is 57.5 Å². The van der Waals surface area contributed by atoms with Crippen LogP contribution >= 0.6 is 0 Å². The lowest BCUT2D eigenvalue weighted by molar-refractivity contribution is -0.141. The Morgan fingerprint density at radius 1 is 0.336 bits per heavy atom. The number of Topliss-reactive ketones (excluding diaryl/α,β-unsaturated/α-hetero) is 12. The summed E-state index contributed by atoms with van der Waals surface area (Å²) in [5.74, 6) is -5.15. The molecule has 6 aliphatic rings. The molecule has 0 amide bonds. The second-order valence-electron chi connectivity index (χ2n) is 28.2. The Morgan fingerprint density at radius 3 is 1.02 bits per heavy atom. The van der Waals surface area contributed by atoms with Crippen LogP contribution in [0.1, 0.15) is 221 Å². The van der Waals surface area contributed by atoms with Gasteiger partial charge in [0.25, 0.3) is 34.7 Å². The van der Waals surface area contributed by atoms with E-state index in [1.165, 1.54) is 30.3 Å². The third-order valence-corrected chi connectivity index (χ3v) is 20.8. The molecule has 12 aromatic rings. The fraction of sp³-hybridized carbons (Fsp3) is 0.239. The Morgan fingerprint density at radius 2 is 0.622 bits per heavy atom. The van der Waals surface area contributed by atoms with Gasteiger partial charge in [-0.1, -0.05) is 146 Å². The first-order valence-corrected chi connectivity index (χ1v) is 37.9. The van der Waals surface area contributed by atoms with Crippen LogP contribution in [0, 0.1) is 11.6 Å². The van der Waals surface area contributed by atoms with Gasteiger partial charge in [-0.15, -0.1) is 0 Å². The summed E-state index contributed by atoms with van der Waals surface area (Å²) < 4.78 is 78.9. The minimum atomic E-state index is -4.50. The molecule has 26 nitrogen and oxygen atoms in total. The first-order valence-electron chi connectivity index (χ1n) is 37.9. The predicted molar refractivity (Wildman–Crippen MR) is 421 cm³/mol. The Hall–Kier alpha value is -14.3. The fourth-order valence-corrected chi connectivity index (χ4v) is 15.2. The van der Waals surface area contributed by atoms with Crippen molar-refractivity contribution in [1.82, 2.24) is 57.3 Å². The summed E-state index contributed by atoms with van der Waals surface area (Å²) in [6.45, 7) is 13.7. The molecule has 6 aliphatic carbocycles. The van der Waals surface area contributed by atoms with Crippen LogP contribution in [-0.4, -0.2) is 146 Å². The number of ether oxygens (including phenoxy) is 1. The van der Waals surface area contributed by atoms with Crippen LogP contribution in [0.2, 0.25) is 0 Å². The maximum atomic E-state index is 13.3. The van der Waals surface area contributed by atoms with Crippen molar-refractivity contribution in [2.45, 2.75) is 106 Å². The van der Waals surface area contributed by atoms with Gasteiger partial charge in [0.2, 0.25) is 34.7 Å². The van der Waals surface area contributed by atoms with Gasteiger partial charge in [0.05, 0.1) is 18.0 Å². The average Bonchev–Trinajstić information content (AvgIpc) is 1.58. The number of aryl methyl sites for hydroxylation is 5. The highest BCUT2D eigenvalue weighted by molar-refractivity contribution is 6.55. The van der Waals surface area contributed by atoms with Gasteiger partial charge in [0, 0.05) is 133 Å². The lowest BCUT2D eigenvalue weighted by Gasteiger charge is -2.17. The topological polar surface area (TPSA) is 338 Å². The van der Waals surface area contributed by atoms with Crippen molar-refractivity contribution in [3.8, 4) is 67.5 Å². The summed E-state index contributed by atoms with van der Waals surface area (Å²) in [6, 6.07) is 35.2. The van der Waals surface area contributed by atoms with Crippen molar-refractivity contribution in [2.75, 3.05) is 6.61 Å². The molecule has 0 N–H and O–H groups in total. The summed E-state index contributed by atoms with van der Waals surface area (Å²) in [7, 11) is 7.17. The molecule has 0 atom stereocenters. The third-order valence-electron chi connectivity index (χ3n) is 20.8. The minimum Gasteiger partial charge on any atom is -0.449 e. The predicted octanol–water partition coefficient (Wildman–Crippen LogP) is 14.5. The molecule has 0 spiro atoms. The minimum absolute atomic E-state index is 0.00384. The van der Waals surface area contributed by atoms with Crippen molar-refractivity contribution in [3.05, 3.63) is 248 Å². The van der Waals surface area contributed by atoms with E-state index >= 15 is 0 Å². The number of rotatable bonds is 8. The highest BCUT2D eigenvalue weighted by atomic mass is 19.4. The Bertz CT molecular complexity index is 6430. The molecule has 31 heteroatoms.